The topological polar surface area (TPSA) is 82.4 Å². The van der Waals surface area contributed by atoms with Gasteiger partial charge in [-0.05, 0) is 49.2 Å². The van der Waals surface area contributed by atoms with E-state index in [1.165, 1.54) is 31.0 Å². The fourth-order valence-electron chi connectivity index (χ4n) is 3.64. The van der Waals surface area contributed by atoms with Crippen LogP contribution < -0.4 is 10.1 Å². The smallest absolute Gasteiger partial charge is 0.256 e. The molecule has 0 aromatic heterocycles. The van der Waals surface area contributed by atoms with E-state index < -0.39 is 0 Å². The molecule has 31 heavy (non-hydrogen) atoms. The minimum atomic E-state index is -0.234. The number of carbonyl (C=O) groups is 2. The van der Waals surface area contributed by atoms with Gasteiger partial charge in [-0.3, -0.25) is 9.59 Å². The number of benzene rings is 2. The molecule has 0 radical (unpaired) electrons. The van der Waals surface area contributed by atoms with E-state index in [9.17, 15) is 9.59 Å². The van der Waals surface area contributed by atoms with Crippen molar-refractivity contribution < 1.29 is 14.3 Å². The molecule has 2 amide bonds. The number of hydrogen-bond acceptors (Lipinski definition) is 5. The maximum absolute atomic E-state index is 12.8. The molecule has 6 nitrogen and oxygen atoms in total. The second-order valence-corrected chi connectivity index (χ2v) is 8.52. The Kier molecular flexibility index (Phi) is 8.36. The maximum Gasteiger partial charge on any atom is 0.256 e. The molecule has 0 saturated heterocycles. The van der Waals surface area contributed by atoms with Crippen LogP contribution in [0.2, 0.25) is 0 Å². The zero-order valence-electron chi connectivity index (χ0n) is 17.7. The van der Waals surface area contributed by atoms with Crippen LogP contribution in [0, 0.1) is 11.3 Å². The fraction of sp³-hybridized carbons (Fsp3) is 0.375. The monoisotopic (exact) mass is 437 g/mol. The predicted molar refractivity (Wildman–Crippen MR) is 122 cm³/mol. The van der Waals surface area contributed by atoms with Gasteiger partial charge in [0.2, 0.25) is 5.91 Å². The normalized spacial score (nSPS) is 13.8. The second kappa shape index (κ2) is 11.4. The van der Waals surface area contributed by atoms with E-state index in [0.717, 1.165) is 17.7 Å². The van der Waals surface area contributed by atoms with Gasteiger partial charge in [-0.1, -0.05) is 31.4 Å². The number of nitrogens with zero attached hydrogens (tertiary/aromatic N) is 2. The quantitative estimate of drug-likeness (QED) is 0.604. The average Bonchev–Trinajstić information content (AvgIpc) is 2.82. The fourth-order valence-corrected chi connectivity index (χ4v) is 4.62. The van der Waals surface area contributed by atoms with Crippen LogP contribution in [-0.2, 0) is 4.79 Å². The van der Waals surface area contributed by atoms with Gasteiger partial charge in [0.05, 0.1) is 11.3 Å². The Morgan fingerprint density at radius 1 is 1.13 bits per heavy atom. The van der Waals surface area contributed by atoms with Crippen molar-refractivity contribution in [3.8, 4) is 11.8 Å². The van der Waals surface area contributed by atoms with Crippen molar-refractivity contribution in [1.29, 1.82) is 5.26 Å². The van der Waals surface area contributed by atoms with Crippen LogP contribution in [0.5, 0.6) is 5.75 Å². The van der Waals surface area contributed by atoms with E-state index in [2.05, 4.69) is 5.32 Å². The Labute approximate surface area is 187 Å². The number of ether oxygens (including phenoxy) is 1. The molecule has 0 bridgehead atoms. The summed E-state index contributed by atoms with van der Waals surface area (Å²) in [7, 11) is 1.89. The van der Waals surface area contributed by atoms with Crippen LogP contribution in [0.1, 0.15) is 42.5 Å². The van der Waals surface area contributed by atoms with Crippen LogP contribution in [-0.4, -0.2) is 42.2 Å². The lowest BCUT2D eigenvalue weighted by Gasteiger charge is -2.31. The largest absolute Gasteiger partial charge is 0.479 e. The van der Waals surface area contributed by atoms with Crippen molar-refractivity contribution in [2.75, 3.05) is 24.7 Å². The first-order valence-corrected chi connectivity index (χ1v) is 11.5. The SMILES string of the molecule is CN(C(=O)CSc1ccccc1C(=O)Nc1ccc(OCC#N)cc1)C1CCCCC1. The standard InChI is InChI=1S/C24H27N3O3S/c1-27(19-7-3-2-4-8-19)23(28)17-31-22-10-6-5-9-21(22)24(29)26-18-11-13-20(14-12-18)30-16-15-25/h5-6,9-14,19H,2-4,7-8,16-17H2,1H3,(H,26,29). The molecule has 2 aromatic carbocycles. The Morgan fingerprint density at radius 2 is 1.84 bits per heavy atom. The van der Waals surface area contributed by atoms with Gasteiger partial charge in [0, 0.05) is 23.7 Å². The summed E-state index contributed by atoms with van der Waals surface area (Å²) >= 11 is 1.40. The number of amides is 2. The highest BCUT2D eigenvalue weighted by Crippen LogP contribution is 2.26. The van der Waals surface area contributed by atoms with Gasteiger partial charge in [0.1, 0.15) is 11.8 Å². The number of nitriles is 1. The Morgan fingerprint density at radius 3 is 2.55 bits per heavy atom. The van der Waals surface area contributed by atoms with Gasteiger partial charge in [-0.2, -0.15) is 5.26 Å². The third-order valence-corrected chi connectivity index (χ3v) is 6.47. The molecule has 0 spiro atoms. The van der Waals surface area contributed by atoms with Crippen molar-refractivity contribution in [1.82, 2.24) is 4.90 Å². The van der Waals surface area contributed by atoms with Crippen molar-refractivity contribution >= 4 is 29.3 Å². The molecule has 1 saturated carbocycles. The summed E-state index contributed by atoms with van der Waals surface area (Å²) in [5.74, 6) is 0.737. The van der Waals surface area contributed by atoms with E-state index in [-0.39, 0.29) is 18.4 Å². The van der Waals surface area contributed by atoms with E-state index in [1.54, 1.807) is 30.3 Å². The summed E-state index contributed by atoms with van der Waals surface area (Å²) in [4.78, 5) is 28.1. The van der Waals surface area contributed by atoms with Gasteiger partial charge in [-0.25, -0.2) is 0 Å². The highest BCUT2D eigenvalue weighted by atomic mass is 32.2. The molecule has 0 unspecified atom stereocenters. The Bertz CT molecular complexity index is 934. The first-order chi connectivity index (χ1) is 15.1. The van der Waals surface area contributed by atoms with Crippen LogP contribution in [0.15, 0.2) is 53.4 Å². The molecule has 1 aliphatic rings. The molecule has 0 aliphatic heterocycles. The molecule has 2 aromatic rings. The van der Waals surface area contributed by atoms with Gasteiger partial charge in [0.15, 0.2) is 6.61 Å². The van der Waals surface area contributed by atoms with Crippen LogP contribution in [0.3, 0.4) is 0 Å². The lowest BCUT2D eigenvalue weighted by Crippen LogP contribution is -2.39. The summed E-state index contributed by atoms with van der Waals surface area (Å²) in [5, 5.41) is 11.4. The molecule has 0 atom stereocenters. The minimum Gasteiger partial charge on any atom is -0.479 e. The van der Waals surface area contributed by atoms with Crippen molar-refractivity contribution in [3.05, 3.63) is 54.1 Å². The number of nitrogens with one attached hydrogen (secondary N) is 1. The molecule has 1 fully saturated rings. The molecule has 162 valence electrons. The number of rotatable bonds is 8. The molecule has 7 heteroatoms. The van der Waals surface area contributed by atoms with Crippen molar-refractivity contribution in [2.24, 2.45) is 0 Å². The summed E-state index contributed by atoms with van der Waals surface area (Å²) in [6.07, 6.45) is 5.78. The van der Waals surface area contributed by atoms with Gasteiger partial charge >= 0.3 is 0 Å². The highest BCUT2D eigenvalue weighted by Gasteiger charge is 2.22. The second-order valence-electron chi connectivity index (χ2n) is 7.51. The molecule has 1 aliphatic carbocycles. The van der Waals surface area contributed by atoms with Crippen molar-refractivity contribution in [2.45, 2.75) is 43.0 Å². The summed E-state index contributed by atoms with van der Waals surface area (Å²) in [6, 6.07) is 16.4. The molecular formula is C24H27N3O3S. The van der Waals surface area contributed by atoms with E-state index in [0.29, 0.717) is 28.8 Å². The van der Waals surface area contributed by atoms with E-state index >= 15 is 0 Å². The zero-order valence-corrected chi connectivity index (χ0v) is 18.5. The zero-order chi connectivity index (χ0) is 22.1. The Hall–Kier alpha value is -2.98. The third-order valence-electron chi connectivity index (χ3n) is 5.41. The van der Waals surface area contributed by atoms with Crippen LogP contribution in [0.25, 0.3) is 0 Å². The molecule has 3 rings (SSSR count). The number of anilines is 1. The minimum absolute atomic E-state index is 0.0229. The number of thioether (sulfide) groups is 1. The van der Waals surface area contributed by atoms with E-state index in [1.807, 2.05) is 36.2 Å². The third kappa shape index (κ3) is 6.50. The van der Waals surface area contributed by atoms with Crippen LogP contribution >= 0.6 is 11.8 Å². The highest BCUT2D eigenvalue weighted by molar-refractivity contribution is 8.00. The summed E-state index contributed by atoms with van der Waals surface area (Å²) < 4.78 is 5.22. The van der Waals surface area contributed by atoms with Crippen molar-refractivity contribution in [3.63, 3.8) is 0 Å². The summed E-state index contributed by atoms with van der Waals surface area (Å²) in [6.45, 7) is -0.0229. The predicted octanol–water partition coefficient (Wildman–Crippen LogP) is 4.72. The average molecular weight is 438 g/mol. The Balaban J connectivity index is 1.59. The lowest BCUT2D eigenvalue weighted by atomic mass is 9.94. The maximum atomic E-state index is 12.8. The number of carbonyl (C=O) groups excluding carboxylic acids is 2. The molecule has 1 N–H and O–H groups in total. The first kappa shape index (κ1) is 22.7. The molecule has 0 heterocycles. The van der Waals surface area contributed by atoms with Crippen LogP contribution in [0.4, 0.5) is 5.69 Å². The van der Waals surface area contributed by atoms with Gasteiger partial charge in [0.25, 0.3) is 5.91 Å². The van der Waals surface area contributed by atoms with E-state index in [4.69, 9.17) is 10.00 Å². The first-order valence-electron chi connectivity index (χ1n) is 10.5. The number of hydrogen-bond donors (Lipinski definition) is 1. The lowest BCUT2D eigenvalue weighted by molar-refractivity contribution is -0.129. The van der Waals surface area contributed by atoms with Gasteiger partial charge in [-0.15, -0.1) is 11.8 Å². The van der Waals surface area contributed by atoms with Gasteiger partial charge < -0.3 is 15.0 Å². The summed E-state index contributed by atoms with van der Waals surface area (Å²) in [5.41, 5.74) is 1.16. The molecular weight excluding hydrogens is 410 g/mol.